The van der Waals surface area contributed by atoms with Gasteiger partial charge in [0.05, 0.1) is 17.4 Å². The van der Waals surface area contributed by atoms with Crippen LogP contribution in [0.5, 0.6) is 5.75 Å². The van der Waals surface area contributed by atoms with Crippen molar-refractivity contribution in [3.8, 4) is 5.75 Å². The van der Waals surface area contributed by atoms with E-state index >= 15 is 0 Å². The van der Waals surface area contributed by atoms with Crippen LogP contribution < -0.4 is 10.6 Å². The van der Waals surface area contributed by atoms with Gasteiger partial charge in [-0.05, 0) is 52.2 Å². The second kappa shape index (κ2) is 6.52. The molecule has 0 spiro atoms. The highest BCUT2D eigenvalue weighted by molar-refractivity contribution is 5.69. The van der Waals surface area contributed by atoms with Crippen LogP contribution in [-0.2, 0) is 11.3 Å². The predicted octanol–water partition coefficient (Wildman–Crippen LogP) is 2.32. The van der Waals surface area contributed by atoms with Crippen molar-refractivity contribution in [2.24, 2.45) is 0 Å². The number of aromatic nitrogens is 1. The van der Waals surface area contributed by atoms with Crippen molar-refractivity contribution in [1.82, 2.24) is 15.6 Å². The zero-order valence-corrected chi connectivity index (χ0v) is 13.5. The zero-order chi connectivity index (χ0) is 16.2. The van der Waals surface area contributed by atoms with Crippen LogP contribution in [0.2, 0.25) is 0 Å². The molecule has 1 amide bonds. The van der Waals surface area contributed by atoms with E-state index in [1.807, 2.05) is 20.8 Å². The molecule has 0 atom stereocenters. The average Bonchev–Trinajstić information content (AvgIpc) is 2.36. The quantitative estimate of drug-likeness (QED) is 0.777. The Labute approximate surface area is 131 Å². The summed E-state index contributed by atoms with van der Waals surface area (Å²) in [4.78, 5) is 16.1. The fourth-order valence-corrected chi connectivity index (χ4v) is 2.42. The van der Waals surface area contributed by atoms with Crippen LogP contribution >= 0.6 is 0 Å². The van der Waals surface area contributed by atoms with Crippen molar-refractivity contribution in [2.75, 3.05) is 6.54 Å². The van der Waals surface area contributed by atoms with E-state index in [0.717, 1.165) is 25.0 Å². The number of ether oxygens (including phenoxy) is 1. The summed E-state index contributed by atoms with van der Waals surface area (Å²) >= 11 is 0. The molecule has 1 heterocycles. The molecule has 0 aromatic carbocycles. The summed E-state index contributed by atoms with van der Waals surface area (Å²) in [5.41, 5.74) is 0.141. The highest BCUT2D eigenvalue weighted by Gasteiger charge is 2.39. The van der Waals surface area contributed by atoms with Crippen molar-refractivity contribution in [3.63, 3.8) is 0 Å². The molecule has 22 heavy (non-hydrogen) atoms. The molecular weight excluding hydrogens is 282 g/mol. The zero-order valence-electron chi connectivity index (χ0n) is 13.5. The molecule has 1 fully saturated rings. The number of alkyl carbamates (subject to hydrolysis) is 1. The second-order valence-corrected chi connectivity index (χ2v) is 6.87. The van der Waals surface area contributed by atoms with Gasteiger partial charge >= 0.3 is 6.09 Å². The summed E-state index contributed by atoms with van der Waals surface area (Å²) < 4.78 is 5.33. The van der Waals surface area contributed by atoms with Crippen molar-refractivity contribution in [3.05, 3.63) is 24.0 Å². The van der Waals surface area contributed by atoms with Crippen molar-refractivity contribution in [1.29, 1.82) is 0 Å². The van der Waals surface area contributed by atoms with Gasteiger partial charge < -0.3 is 20.5 Å². The van der Waals surface area contributed by atoms with Gasteiger partial charge in [0.25, 0.3) is 0 Å². The molecular formula is C16H25N3O3. The third-order valence-electron chi connectivity index (χ3n) is 3.66. The SMILES string of the molecule is CC(C)(C)OC(=O)NC1(CNCc2ccc(O)cn2)CCC1. The summed E-state index contributed by atoms with van der Waals surface area (Å²) in [7, 11) is 0. The van der Waals surface area contributed by atoms with Gasteiger partial charge in [-0.2, -0.15) is 0 Å². The summed E-state index contributed by atoms with van der Waals surface area (Å²) in [6, 6.07) is 3.39. The number of pyridine rings is 1. The Bertz CT molecular complexity index is 504. The lowest BCUT2D eigenvalue weighted by Crippen LogP contribution is -2.59. The molecule has 0 radical (unpaired) electrons. The fourth-order valence-electron chi connectivity index (χ4n) is 2.42. The molecule has 0 aliphatic heterocycles. The summed E-state index contributed by atoms with van der Waals surface area (Å²) in [5.74, 6) is 0.158. The Kier molecular flexibility index (Phi) is 4.90. The largest absolute Gasteiger partial charge is 0.506 e. The third-order valence-corrected chi connectivity index (χ3v) is 3.66. The van der Waals surface area contributed by atoms with Gasteiger partial charge in [-0.3, -0.25) is 4.98 Å². The summed E-state index contributed by atoms with van der Waals surface area (Å²) in [6.07, 6.45) is 4.06. The number of nitrogens with zero attached hydrogens (tertiary/aromatic N) is 1. The predicted molar refractivity (Wildman–Crippen MR) is 83.6 cm³/mol. The first-order valence-electron chi connectivity index (χ1n) is 7.64. The Morgan fingerprint density at radius 3 is 2.64 bits per heavy atom. The molecule has 1 aromatic rings. The maximum absolute atomic E-state index is 11.9. The minimum Gasteiger partial charge on any atom is -0.506 e. The number of carbonyl (C=O) groups excluding carboxylic acids is 1. The van der Waals surface area contributed by atoms with Crippen LogP contribution in [0.4, 0.5) is 4.79 Å². The monoisotopic (exact) mass is 307 g/mol. The van der Waals surface area contributed by atoms with Crippen molar-refractivity contribution in [2.45, 2.75) is 57.7 Å². The van der Waals surface area contributed by atoms with Crippen LogP contribution in [0, 0.1) is 0 Å². The lowest BCUT2D eigenvalue weighted by Gasteiger charge is -2.42. The van der Waals surface area contributed by atoms with Gasteiger partial charge in [0.15, 0.2) is 0 Å². The van der Waals surface area contributed by atoms with Gasteiger partial charge in [0.2, 0.25) is 0 Å². The number of rotatable bonds is 5. The van der Waals surface area contributed by atoms with Crippen LogP contribution in [0.15, 0.2) is 18.3 Å². The molecule has 1 aromatic heterocycles. The Balaban J connectivity index is 1.81. The number of aromatic hydroxyl groups is 1. The van der Waals surface area contributed by atoms with E-state index in [1.54, 1.807) is 12.1 Å². The first kappa shape index (κ1) is 16.5. The Hall–Kier alpha value is -1.82. The second-order valence-electron chi connectivity index (χ2n) is 6.87. The van der Waals surface area contributed by atoms with E-state index in [-0.39, 0.29) is 17.4 Å². The lowest BCUT2D eigenvalue weighted by atomic mass is 9.76. The molecule has 122 valence electrons. The minimum atomic E-state index is -0.488. The molecule has 0 bridgehead atoms. The summed E-state index contributed by atoms with van der Waals surface area (Å²) in [6.45, 7) is 6.84. The van der Waals surface area contributed by atoms with Crippen molar-refractivity contribution < 1.29 is 14.6 Å². The molecule has 6 nitrogen and oxygen atoms in total. The maximum Gasteiger partial charge on any atom is 0.408 e. The Morgan fingerprint density at radius 1 is 1.41 bits per heavy atom. The highest BCUT2D eigenvalue weighted by Crippen LogP contribution is 2.31. The number of hydrogen-bond acceptors (Lipinski definition) is 5. The highest BCUT2D eigenvalue weighted by atomic mass is 16.6. The number of nitrogens with one attached hydrogen (secondary N) is 2. The lowest BCUT2D eigenvalue weighted by molar-refractivity contribution is 0.0382. The molecule has 1 aliphatic carbocycles. The van der Waals surface area contributed by atoms with Gasteiger partial charge in [0, 0.05) is 13.1 Å². The van der Waals surface area contributed by atoms with Gasteiger partial charge in [0.1, 0.15) is 11.4 Å². The topological polar surface area (TPSA) is 83.5 Å². The van der Waals surface area contributed by atoms with Crippen LogP contribution in [0.25, 0.3) is 0 Å². The van der Waals surface area contributed by atoms with Crippen LogP contribution in [0.3, 0.4) is 0 Å². The van der Waals surface area contributed by atoms with E-state index in [4.69, 9.17) is 4.74 Å². The van der Waals surface area contributed by atoms with Crippen LogP contribution in [0.1, 0.15) is 45.7 Å². The van der Waals surface area contributed by atoms with Gasteiger partial charge in [-0.15, -0.1) is 0 Å². The molecule has 0 saturated heterocycles. The molecule has 0 unspecified atom stereocenters. The average molecular weight is 307 g/mol. The summed E-state index contributed by atoms with van der Waals surface area (Å²) in [5, 5.41) is 15.5. The standard InChI is InChI=1S/C16H25N3O3/c1-15(2,3)22-14(21)19-16(7-4-8-16)11-17-9-12-5-6-13(20)10-18-12/h5-6,10,17,20H,4,7-9,11H2,1-3H3,(H,19,21). The third kappa shape index (κ3) is 4.87. The fraction of sp³-hybridized carbons (Fsp3) is 0.625. The molecule has 1 aliphatic rings. The van der Waals surface area contributed by atoms with E-state index in [0.29, 0.717) is 13.1 Å². The first-order chi connectivity index (χ1) is 10.3. The van der Waals surface area contributed by atoms with E-state index in [2.05, 4.69) is 15.6 Å². The molecule has 1 saturated carbocycles. The van der Waals surface area contributed by atoms with E-state index in [9.17, 15) is 9.90 Å². The normalized spacial score (nSPS) is 16.7. The smallest absolute Gasteiger partial charge is 0.408 e. The van der Waals surface area contributed by atoms with E-state index < -0.39 is 5.60 Å². The molecule has 2 rings (SSSR count). The van der Waals surface area contributed by atoms with Gasteiger partial charge in [-0.25, -0.2) is 4.79 Å². The maximum atomic E-state index is 11.9. The van der Waals surface area contributed by atoms with Crippen molar-refractivity contribution >= 4 is 6.09 Å². The number of amides is 1. The number of carbonyl (C=O) groups is 1. The molecule has 6 heteroatoms. The van der Waals surface area contributed by atoms with Crippen LogP contribution in [-0.4, -0.2) is 33.9 Å². The van der Waals surface area contributed by atoms with Gasteiger partial charge in [-0.1, -0.05) is 0 Å². The van der Waals surface area contributed by atoms with E-state index in [1.165, 1.54) is 6.20 Å². The molecule has 3 N–H and O–H groups in total. The first-order valence-corrected chi connectivity index (χ1v) is 7.64. The number of hydrogen-bond donors (Lipinski definition) is 3. The minimum absolute atomic E-state index is 0.158. The Morgan fingerprint density at radius 2 is 2.14 bits per heavy atom.